The number of aryl methyl sites for hydroxylation is 1. The van der Waals surface area contributed by atoms with Crippen LogP contribution in [0.1, 0.15) is 48.0 Å². The first-order chi connectivity index (χ1) is 12.2. The van der Waals surface area contributed by atoms with Gasteiger partial charge in [-0.15, -0.1) is 11.3 Å². The molecular formula is C20H25N3O2S. The summed E-state index contributed by atoms with van der Waals surface area (Å²) in [4.78, 5) is 27.9. The van der Waals surface area contributed by atoms with E-state index in [4.69, 9.17) is 5.73 Å². The molecule has 5 nitrogen and oxygen atoms in total. The molecule has 2 aromatic rings. The van der Waals surface area contributed by atoms with E-state index in [1.165, 1.54) is 11.3 Å². The molecule has 0 atom stereocenters. The van der Waals surface area contributed by atoms with Gasteiger partial charge in [-0.1, -0.05) is 26.8 Å². The lowest BCUT2D eigenvalue weighted by atomic mass is 9.96. The van der Waals surface area contributed by atoms with Crippen molar-refractivity contribution in [3.63, 3.8) is 0 Å². The van der Waals surface area contributed by atoms with Crippen molar-refractivity contribution in [2.75, 3.05) is 22.5 Å². The van der Waals surface area contributed by atoms with E-state index in [2.05, 4.69) is 5.32 Å². The van der Waals surface area contributed by atoms with E-state index >= 15 is 0 Å². The van der Waals surface area contributed by atoms with E-state index in [1.54, 1.807) is 0 Å². The van der Waals surface area contributed by atoms with Crippen LogP contribution in [0.3, 0.4) is 0 Å². The molecule has 1 aliphatic rings. The molecule has 2 amide bonds. The van der Waals surface area contributed by atoms with E-state index in [0.29, 0.717) is 16.4 Å². The summed E-state index contributed by atoms with van der Waals surface area (Å²) in [7, 11) is 0. The number of carbonyl (C=O) groups is 2. The van der Waals surface area contributed by atoms with Crippen molar-refractivity contribution in [2.45, 2.75) is 40.5 Å². The fraction of sp³-hybridized carbons (Fsp3) is 0.400. The number of hydrogen-bond acceptors (Lipinski definition) is 4. The van der Waals surface area contributed by atoms with Crippen LogP contribution in [0.2, 0.25) is 0 Å². The van der Waals surface area contributed by atoms with Crippen molar-refractivity contribution in [2.24, 2.45) is 5.41 Å². The summed E-state index contributed by atoms with van der Waals surface area (Å²) >= 11 is 1.33. The molecule has 1 aliphatic heterocycles. The van der Waals surface area contributed by atoms with Crippen LogP contribution in [-0.2, 0) is 11.2 Å². The summed E-state index contributed by atoms with van der Waals surface area (Å²) in [6, 6.07) is 7.58. The Kier molecular flexibility index (Phi) is 4.80. The highest BCUT2D eigenvalue weighted by molar-refractivity contribution is 7.18. The minimum Gasteiger partial charge on any atom is -0.398 e. The fourth-order valence-electron chi connectivity index (χ4n) is 3.04. The fourth-order valence-corrected chi connectivity index (χ4v) is 4.06. The molecule has 0 unspecified atom stereocenters. The van der Waals surface area contributed by atoms with E-state index in [9.17, 15) is 9.59 Å². The molecule has 26 heavy (non-hydrogen) atoms. The van der Waals surface area contributed by atoms with Gasteiger partial charge in [-0.05, 0) is 49.1 Å². The van der Waals surface area contributed by atoms with Gasteiger partial charge in [0, 0.05) is 23.3 Å². The van der Waals surface area contributed by atoms with Crippen molar-refractivity contribution in [3.05, 3.63) is 40.3 Å². The Morgan fingerprint density at radius 2 is 2.00 bits per heavy atom. The van der Waals surface area contributed by atoms with Crippen LogP contribution in [0, 0.1) is 12.3 Å². The first kappa shape index (κ1) is 18.5. The lowest BCUT2D eigenvalue weighted by Crippen LogP contribution is -2.35. The molecule has 0 radical (unpaired) electrons. The van der Waals surface area contributed by atoms with Gasteiger partial charge in [-0.25, -0.2) is 0 Å². The molecule has 2 heterocycles. The van der Waals surface area contributed by atoms with Crippen LogP contribution < -0.4 is 16.0 Å². The smallest absolute Gasteiger partial charge is 0.268 e. The molecule has 138 valence electrons. The topological polar surface area (TPSA) is 75.4 Å². The average molecular weight is 372 g/mol. The number of fused-ring (bicyclic) bond motifs is 1. The van der Waals surface area contributed by atoms with E-state index in [0.717, 1.165) is 35.3 Å². The van der Waals surface area contributed by atoms with Gasteiger partial charge < -0.3 is 16.0 Å². The van der Waals surface area contributed by atoms with Crippen molar-refractivity contribution >= 4 is 39.5 Å². The van der Waals surface area contributed by atoms with Gasteiger partial charge in [0.15, 0.2) is 0 Å². The summed E-state index contributed by atoms with van der Waals surface area (Å²) in [5, 5.41) is 3.62. The molecule has 0 aliphatic carbocycles. The highest BCUT2D eigenvalue weighted by Crippen LogP contribution is 2.35. The summed E-state index contributed by atoms with van der Waals surface area (Å²) in [6.07, 6.45) is 1.78. The Hall–Kier alpha value is -2.34. The zero-order valence-electron chi connectivity index (χ0n) is 15.7. The van der Waals surface area contributed by atoms with E-state index in [-0.39, 0.29) is 11.8 Å². The van der Waals surface area contributed by atoms with Gasteiger partial charge in [0.25, 0.3) is 5.91 Å². The van der Waals surface area contributed by atoms with Crippen molar-refractivity contribution < 1.29 is 9.59 Å². The highest BCUT2D eigenvalue weighted by atomic mass is 32.1. The number of thiophene rings is 1. The Balaban J connectivity index is 1.88. The lowest BCUT2D eigenvalue weighted by molar-refractivity contribution is -0.123. The predicted molar refractivity (Wildman–Crippen MR) is 108 cm³/mol. The predicted octanol–water partition coefficient (Wildman–Crippen LogP) is 4.22. The second kappa shape index (κ2) is 6.76. The Morgan fingerprint density at radius 3 is 2.69 bits per heavy atom. The molecule has 1 aromatic heterocycles. The zero-order chi connectivity index (χ0) is 19.1. The van der Waals surface area contributed by atoms with Gasteiger partial charge >= 0.3 is 0 Å². The number of amides is 2. The summed E-state index contributed by atoms with van der Waals surface area (Å²) in [6.45, 7) is 8.18. The summed E-state index contributed by atoms with van der Waals surface area (Å²) < 4.78 is 0. The van der Waals surface area contributed by atoms with Crippen LogP contribution in [0.5, 0.6) is 0 Å². The van der Waals surface area contributed by atoms with Gasteiger partial charge in [-0.3, -0.25) is 9.59 Å². The number of nitrogen functional groups attached to an aromatic ring is 1. The maximum Gasteiger partial charge on any atom is 0.268 e. The van der Waals surface area contributed by atoms with Crippen molar-refractivity contribution in [1.82, 2.24) is 0 Å². The summed E-state index contributed by atoms with van der Waals surface area (Å²) in [5.41, 5.74) is 9.16. The largest absolute Gasteiger partial charge is 0.398 e. The minimum atomic E-state index is -0.481. The standard InChI is InChI=1S/C20H25N3O2S/c1-12-11-16(22-19(25)20(2,3)4)26-17(12)18(24)23-10-6-7-13-14(21)8-5-9-15(13)23/h5,8-9,11H,6-7,10,21H2,1-4H3,(H,22,25). The highest BCUT2D eigenvalue weighted by Gasteiger charge is 2.28. The number of carbonyl (C=O) groups excluding carboxylic acids is 2. The van der Waals surface area contributed by atoms with Crippen LogP contribution in [0.15, 0.2) is 24.3 Å². The Labute approximate surface area is 158 Å². The molecule has 6 heteroatoms. The third-order valence-electron chi connectivity index (χ3n) is 4.56. The van der Waals surface area contributed by atoms with E-state index in [1.807, 2.05) is 56.9 Å². The molecule has 1 aromatic carbocycles. The van der Waals surface area contributed by atoms with Crippen molar-refractivity contribution in [1.29, 1.82) is 0 Å². The molecule has 0 fully saturated rings. The second-order valence-electron chi connectivity index (χ2n) is 7.73. The van der Waals surface area contributed by atoms with Gasteiger partial charge in [0.05, 0.1) is 9.88 Å². The number of benzene rings is 1. The second-order valence-corrected chi connectivity index (χ2v) is 8.78. The van der Waals surface area contributed by atoms with Gasteiger partial charge in [0.1, 0.15) is 0 Å². The lowest BCUT2D eigenvalue weighted by Gasteiger charge is -2.30. The first-order valence-corrected chi connectivity index (χ1v) is 9.61. The third kappa shape index (κ3) is 3.46. The maximum absolute atomic E-state index is 13.2. The SMILES string of the molecule is Cc1cc(NC(=O)C(C)(C)C)sc1C(=O)N1CCCc2c(N)cccc21. The van der Waals surface area contributed by atoms with Crippen LogP contribution >= 0.6 is 11.3 Å². The van der Waals surface area contributed by atoms with Crippen LogP contribution in [-0.4, -0.2) is 18.4 Å². The summed E-state index contributed by atoms with van der Waals surface area (Å²) in [5.74, 6) is -0.0934. The molecule has 0 bridgehead atoms. The quantitative estimate of drug-likeness (QED) is 0.776. The number of anilines is 3. The van der Waals surface area contributed by atoms with Crippen LogP contribution in [0.25, 0.3) is 0 Å². The Morgan fingerprint density at radius 1 is 1.27 bits per heavy atom. The minimum absolute atomic E-state index is 0.0321. The maximum atomic E-state index is 13.2. The van der Waals surface area contributed by atoms with Gasteiger partial charge in [0.2, 0.25) is 5.91 Å². The molecule has 3 rings (SSSR count). The average Bonchev–Trinajstić information content (AvgIpc) is 2.93. The van der Waals surface area contributed by atoms with Crippen LogP contribution in [0.4, 0.5) is 16.4 Å². The number of rotatable bonds is 2. The van der Waals surface area contributed by atoms with Gasteiger partial charge in [-0.2, -0.15) is 0 Å². The molecular weight excluding hydrogens is 346 g/mol. The molecule has 0 spiro atoms. The Bertz CT molecular complexity index is 864. The zero-order valence-corrected chi connectivity index (χ0v) is 16.5. The number of nitrogens with zero attached hydrogens (tertiary/aromatic N) is 1. The molecule has 3 N–H and O–H groups in total. The molecule has 0 saturated carbocycles. The number of nitrogens with two attached hydrogens (primary N) is 1. The third-order valence-corrected chi connectivity index (χ3v) is 5.70. The number of nitrogens with one attached hydrogen (secondary N) is 1. The monoisotopic (exact) mass is 371 g/mol. The van der Waals surface area contributed by atoms with Crippen molar-refractivity contribution in [3.8, 4) is 0 Å². The molecule has 0 saturated heterocycles. The normalized spacial score (nSPS) is 14.1. The first-order valence-electron chi connectivity index (χ1n) is 8.79. The number of hydrogen-bond donors (Lipinski definition) is 2. The van der Waals surface area contributed by atoms with E-state index < -0.39 is 5.41 Å².